The number of likely N-dealkylation sites (tertiary alicyclic amines) is 1. The van der Waals surface area contributed by atoms with Crippen LogP contribution in [0.5, 0.6) is 0 Å². The lowest BCUT2D eigenvalue weighted by atomic mass is 9.80. The molecule has 0 aliphatic carbocycles. The lowest BCUT2D eigenvalue weighted by Crippen LogP contribution is -2.73. The normalized spacial score (nSPS) is 22.0. The van der Waals surface area contributed by atoms with Gasteiger partial charge in [0.15, 0.2) is 0 Å². The summed E-state index contributed by atoms with van der Waals surface area (Å²) >= 11 is 0. The highest BCUT2D eigenvalue weighted by atomic mass is 16.2. The smallest absolute Gasteiger partial charge is 0.246 e. The number of aryl methyl sites for hydroxylation is 1. The second kappa shape index (κ2) is 10.4. The topological polar surface area (TPSA) is 52.7 Å². The van der Waals surface area contributed by atoms with Gasteiger partial charge >= 0.3 is 0 Å². The molecule has 1 N–H and O–H groups in total. The zero-order valence-corrected chi connectivity index (χ0v) is 19.0. The van der Waals surface area contributed by atoms with Crippen molar-refractivity contribution >= 4 is 11.8 Å². The van der Waals surface area contributed by atoms with E-state index in [1.165, 1.54) is 18.4 Å². The molecule has 2 aliphatic rings. The third-order valence-corrected chi connectivity index (χ3v) is 6.68. The summed E-state index contributed by atoms with van der Waals surface area (Å²) in [6.07, 6.45) is 6.57. The number of benzene rings is 1. The number of piperazine rings is 1. The Labute approximate surface area is 182 Å². The molecular weight excluding hydrogens is 374 g/mol. The van der Waals surface area contributed by atoms with Crippen LogP contribution in [-0.4, -0.2) is 59.4 Å². The summed E-state index contributed by atoms with van der Waals surface area (Å²) in [4.78, 5) is 30.8. The number of unbranched alkanes of at least 4 members (excludes halogenated alkanes) is 1. The maximum atomic E-state index is 13.2. The van der Waals surface area contributed by atoms with Crippen molar-refractivity contribution in [3.8, 4) is 0 Å². The van der Waals surface area contributed by atoms with E-state index in [1.807, 2.05) is 4.90 Å². The van der Waals surface area contributed by atoms with Crippen molar-refractivity contribution in [2.75, 3.05) is 26.2 Å². The minimum atomic E-state index is -0.638. The van der Waals surface area contributed by atoms with E-state index < -0.39 is 5.54 Å². The van der Waals surface area contributed by atoms with Gasteiger partial charge in [0.25, 0.3) is 0 Å². The quantitative estimate of drug-likeness (QED) is 0.629. The number of piperidine rings is 1. The molecule has 0 unspecified atom stereocenters. The van der Waals surface area contributed by atoms with Gasteiger partial charge in [-0.15, -0.1) is 0 Å². The number of amides is 2. The fraction of sp³-hybridized carbons (Fsp3) is 0.680. The summed E-state index contributed by atoms with van der Waals surface area (Å²) in [5, 5.41) is 3.08. The number of hydrogen-bond acceptors (Lipinski definition) is 3. The standard InChI is InChI=1S/C25H39N3O2/c1-4-15-28-23(29)22(19-20(2)3)26-24(30)25(28)13-17-27(18-14-25)16-9-8-12-21-10-6-5-7-11-21/h5-7,10-11,20,22H,4,8-9,12-19H2,1-3H3,(H,26,30)/t22-/m0/s1. The zero-order valence-electron chi connectivity index (χ0n) is 19.0. The van der Waals surface area contributed by atoms with E-state index in [0.29, 0.717) is 18.9 Å². The first-order valence-corrected chi connectivity index (χ1v) is 11.8. The Morgan fingerprint density at radius 2 is 1.77 bits per heavy atom. The van der Waals surface area contributed by atoms with Gasteiger partial charge in [-0.25, -0.2) is 0 Å². The number of carbonyl (C=O) groups excluding carboxylic acids is 2. The Bertz CT molecular complexity index is 696. The summed E-state index contributed by atoms with van der Waals surface area (Å²) in [5.74, 6) is 0.584. The van der Waals surface area contributed by atoms with E-state index >= 15 is 0 Å². The number of nitrogens with one attached hydrogen (secondary N) is 1. The number of rotatable bonds is 9. The third-order valence-electron chi connectivity index (χ3n) is 6.68. The molecule has 2 amide bonds. The van der Waals surface area contributed by atoms with Crippen LogP contribution < -0.4 is 5.32 Å². The molecule has 166 valence electrons. The summed E-state index contributed by atoms with van der Waals surface area (Å²) < 4.78 is 0. The predicted molar refractivity (Wildman–Crippen MR) is 121 cm³/mol. The molecule has 3 rings (SSSR count). The second-order valence-electron chi connectivity index (χ2n) is 9.46. The van der Waals surface area contributed by atoms with E-state index in [2.05, 4.69) is 61.3 Å². The number of nitrogens with zero attached hydrogens (tertiary/aromatic N) is 2. The Kier molecular flexibility index (Phi) is 7.93. The van der Waals surface area contributed by atoms with Crippen LogP contribution in [0.25, 0.3) is 0 Å². The minimum absolute atomic E-state index is 0.0740. The van der Waals surface area contributed by atoms with Crippen molar-refractivity contribution in [1.29, 1.82) is 0 Å². The Balaban J connectivity index is 1.54. The first-order chi connectivity index (χ1) is 14.5. The number of carbonyl (C=O) groups is 2. The Hall–Kier alpha value is -1.88. The van der Waals surface area contributed by atoms with Crippen molar-refractivity contribution < 1.29 is 9.59 Å². The molecule has 2 fully saturated rings. The molecule has 0 radical (unpaired) electrons. The molecule has 30 heavy (non-hydrogen) atoms. The molecule has 2 saturated heterocycles. The lowest BCUT2D eigenvalue weighted by Gasteiger charge is -2.52. The van der Waals surface area contributed by atoms with Gasteiger partial charge in [-0.3, -0.25) is 9.59 Å². The van der Waals surface area contributed by atoms with Crippen LogP contribution in [0.15, 0.2) is 30.3 Å². The van der Waals surface area contributed by atoms with E-state index in [9.17, 15) is 9.59 Å². The van der Waals surface area contributed by atoms with Crippen molar-refractivity contribution in [3.63, 3.8) is 0 Å². The SMILES string of the molecule is CCCN1C(=O)[C@H](CC(C)C)NC(=O)C12CCN(CCCCc1ccccc1)CC2. The van der Waals surface area contributed by atoms with Gasteiger partial charge in [-0.2, -0.15) is 0 Å². The molecule has 1 atom stereocenters. The molecule has 2 heterocycles. The Morgan fingerprint density at radius 3 is 2.40 bits per heavy atom. The predicted octanol–water partition coefficient (Wildman–Crippen LogP) is 3.63. The van der Waals surface area contributed by atoms with Crippen LogP contribution in [0.4, 0.5) is 0 Å². The number of hydrogen-bond donors (Lipinski definition) is 1. The summed E-state index contributed by atoms with van der Waals surface area (Å²) in [5.41, 5.74) is 0.764. The molecule has 5 heteroatoms. The average molecular weight is 414 g/mol. The van der Waals surface area contributed by atoms with Crippen molar-refractivity contribution in [3.05, 3.63) is 35.9 Å². The first kappa shape index (κ1) is 22.8. The highest BCUT2D eigenvalue weighted by Gasteiger charge is 2.53. The van der Waals surface area contributed by atoms with E-state index in [4.69, 9.17) is 0 Å². The Morgan fingerprint density at radius 1 is 1.07 bits per heavy atom. The van der Waals surface area contributed by atoms with Gasteiger partial charge in [0.05, 0.1) is 0 Å². The minimum Gasteiger partial charge on any atom is -0.342 e. The molecule has 1 aromatic carbocycles. The maximum absolute atomic E-state index is 13.2. The summed E-state index contributed by atoms with van der Waals surface area (Å²) in [7, 11) is 0. The highest BCUT2D eigenvalue weighted by molar-refractivity contribution is 6.00. The van der Waals surface area contributed by atoms with Gasteiger partial charge in [0, 0.05) is 19.6 Å². The van der Waals surface area contributed by atoms with Crippen LogP contribution in [0.3, 0.4) is 0 Å². The molecule has 5 nitrogen and oxygen atoms in total. The fourth-order valence-corrected chi connectivity index (χ4v) is 5.01. The van der Waals surface area contributed by atoms with E-state index in [-0.39, 0.29) is 17.9 Å². The summed E-state index contributed by atoms with van der Waals surface area (Å²) in [6, 6.07) is 10.3. The molecule has 0 bridgehead atoms. The molecule has 0 aromatic heterocycles. The largest absolute Gasteiger partial charge is 0.342 e. The average Bonchev–Trinajstić information content (AvgIpc) is 2.74. The highest BCUT2D eigenvalue weighted by Crippen LogP contribution is 2.34. The van der Waals surface area contributed by atoms with Crippen LogP contribution >= 0.6 is 0 Å². The van der Waals surface area contributed by atoms with Crippen LogP contribution in [0.1, 0.15) is 64.9 Å². The van der Waals surface area contributed by atoms with Crippen LogP contribution in [0.2, 0.25) is 0 Å². The van der Waals surface area contributed by atoms with Crippen molar-refractivity contribution in [2.24, 2.45) is 5.92 Å². The van der Waals surface area contributed by atoms with Crippen LogP contribution in [0, 0.1) is 5.92 Å². The van der Waals surface area contributed by atoms with Gasteiger partial charge in [0.1, 0.15) is 11.6 Å². The third kappa shape index (κ3) is 5.23. The van der Waals surface area contributed by atoms with Crippen molar-refractivity contribution in [2.45, 2.75) is 77.3 Å². The van der Waals surface area contributed by atoms with E-state index in [0.717, 1.165) is 45.3 Å². The van der Waals surface area contributed by atoms with Gasteiger partial charge in [-0.1, -0.05) is 51.1 Å². The van der Waals surface area contributed by atoms with Gasteiger partial charge in [0.2, 0.25) is 11.8 Å². The molecule has 0 saturated carbocycles. The second-order valence-corrected chi connectivity index (χ2v) is 9.46. The van der Waals surface area contributed by atoms with E-state index in [1.54, 1.807) is 0 Å². The van der Waals surface area contributed by atoms with Crippen molar-refractivity contribution in [1.82, 2.24) is 15.1 Å². The molecule has 1 spiro atoms. The lowest BCUT2D eigenvalue weighted by molar-refractivity contribution is -0.161. The monoisotopic (exact) mass is 413 g/mol. The van der Waals surface area contributed by atoms with Gasteiger partial charge < -0.3 is 15.1 Å². The maximum Gasteiger partial charge on any atom is 0.246 e. The van der Waals surface area contributed by atoms with Crippen LogP contribution in [-0.2, 0) is 16.0 Å². The first-order valence-electron chi connectivity index (χ1n) is 11.8. The summed E-state index contributed by atoms with van der Waals surface area (Å²) in [6.45, 7) is 9.82. The fourth-order valence-electron chi connectivity index (χ4n) is 5.01. The molecule has 1 aromatic rings. The molecule has 2 aliphatic heterocycles. The van der Waals surface area contributed by atoms with Gasteiger partial charge in [-0.05, 0) is 63.0 Å². The molecular formula is C25H39N3O2. The zero-order chi connectivity index (χ0) is 21.6.